The van der Waals surface area contributed by atoms with Crippen molar-refractivity contribution in [3.05, 3.63) is 34.9 Å². The lowest BCUT2D eigenvalue weighted by molar-refractivity contribution is -0.133. The van der Waals surface area contributed by atoms with Crippen LogP contribution in [0.4, 0.5) is 0 Å². The molecule has 0 radical (unpaired) electrons. The van der Waals surface area contributed by atoms with Crippen LogP contribution in [0.15, 0.2) is 29.4 Å². The van der Waals surface area contributed by atoms with Crippen molar-refractivity contribution in [2.75, 3.05) is 0 Å². The van der Waals surface area contributed by atoms with Crippen LogP contribution in [-0.4, -0.2) is 22.2 Å². The number of hydrazone groups is 1. The lowest BCUT2D eigenvalue weighted by Crippen LogP contribution is -2.38. The van der Waals surface area contributed by atoms with Gasteiger partial charge in [0, 0.05) is 5.02 Å². The zero-order valence-corrected chi connectivity index (χ0v) is 11.0. The van der Waals surface area contributed by atoms with E-state index in [2.05, 4.69) is 5.10 Å². The molecule has 3 nitrogen and oxygen atoms in total. The van der Waals surface area contributed by atoms with Gasteiger partial charge in [-0.1, -0.05) is 23.7 Å². The molecule has 0 N–H and O–H groups in total. The molecule has 1 aromatic rings. The first-order valence-electron chi connectivity index (χ1n) is 5.54. The van der Waals surface area contributed by atoms with Crippen molar-refractivity contribution in [2.24, 2.45) is 5.10 Å². The predicted molar refractivity (Wildman–Crippen MR) is 69.2 cm³/mol. The summed E-state index contributed by atoms with van der Waals surface area (Å²) >= 11 is 5.83. The Kier molecular flexibility index (Phi) is 2.96. The monoisotopic (exact) mass is 250 g/mol. The van der Waals surface area contributed by atoms with E-state index >= 15 is 0 Å². The van der Waals surface area contributed by atoms with Crippen molar-refractivity contribution in [1.82, 2.24) is 5.01 Å². The minimum Gasteiger partial charge on any atom is -0.272 e. The zero-order chi connectivity index (χ0) is 12.6. The molecule has 0 fully saturated rings. The quantitative estimate of drug-likeness (QED) is 0.754. The van der Waals surface area contributed by atoms with E-state index in [0.717, 1.165) is 11.3 Å². The van der Waals surface area contributed by atoms with Gasteiger partial charge in [0.1, 0.15) is 0 Å². The maximum Gasteiger partial charge on any atom is 0.249 e. The van der Waals surface area contributed by atoms with Gasteiger partial charge in [-0.2, -0.15) is 5.10 Å². The third kappa shape index (κ3) is 2.50. The summed E-state index contributed by atoms with van der Waals surface area (Å²) in [6.07, 6.45) is 0.360. The highest BCUT2D eigenvalue weighted by Gasteiger charge is 2.32. The Bertz CT molecular complexity index is 471. The van der Waals surface area contributed by atoms with Crippen LogP contribution in [0.25, 0.3) is 0 Å². The second-order valence-corrected chi connectivity index (χ2v) is 5.54. The molecule has 0 atom stereocenters. The van der Waals surface area contributed by atoms with Crippen molar-refractivity contribution >= 4 is 23.2 Å². The summed E-state index contributed by atoms with van der Waals surface area (Å²) in [6.45, 7) is 5.91. The van der Waals surface area contributed by atoms with Gasteiger partial charge in [0.05, 0.1) is 17.7 Å². The molecule has 1 heterocycles. The fourth-order valence-electron chi connectivity index (χ4n) is 1.76. The Morgan fingerprint density at radius 1 is 1.24 bits per heavy atom. The van der Waals surface area contributed by atoms with Crippen molar-refractivity contribution in [1.29, 1.82) is 0 Å². The van der Waals surface area contributed by atoms with Crippen LogP contribution < -0.4 is 0 Å². The molecule has 0 saturated heterocycles. The summed E-state index contributed by atoms with van der Waals surface area (Å²) in [6, 6.07) is 7.40. The Labute approximate surface area is 106 Å². The SMILES string of the molecule is CC(C)(C)N1N=C(c2ccc(Cl)cc2)CC1=O. The second kappa shape index (κ2) is 4.15. The number of hydrogen-bond acceptors (Lipinski definition) is 2. The van der Waals surface area contributed by atoms with Gasteiger partial charge < -0.3 is 0 Å². The van der Waals surface area contributed by atoms with Gasteiger partial charge in [-0.25, -0.2) is 5.01 Å². The molecule has 2 rings (SSSR count). The summed E-state index contributed by atoms with van der Waals surface area (Å²) in [5.41, 5.74) is 1.49. The predicted octanol–water partition coefficient (Wildman–Crippen LogP) is 3.07. The van der Waals surface area contributed by atoms with E-state index in [1.54, 1.807) is 5.01 Å². The number of carbonyl (C=O) groups excluding carboxylic acids is 1. The van der Waals surface area contributed by atoms with Crippen LogP contribution in [0.1, 0.15) is 32.8 Å². The minimum atomic E-state index is -0.273. The molecule has 0 aromatic heterocycles. The standard InChI is InChI=1S/C13H15ClN2O/c1-13(2,3)16-12(17)8-11(15-16)9-4-6-10(14)7-5-9/h4-7H,8H2,1-3H3. The van der Waals surface area contributed by atoms with E-state index in [4.69, 9.17) is 11.6 Å². The normalized spacial score (nSPS) is 16.4. The number of carbonyl (C=O) groups is 1. The number of hydrogen-bond donors (Lipinski definition) is 0. The average molecular weight is 251 g/mol. The van der Waals surface area contributed by atoms with Crippen LogP contribution >= 0.6 is 11.6 Å². The molecular formula is C13H15ClN2O. The van der Waals surface area contributed by atoms with Crippen molar-refractivity contribution < 1.29 is 4.79 Å². The molecule has 0 saturated carbocycles. The van der Waals surface area contributed by atoms with E-state index in [1.807, 2.05) is 45.0 Å². The van der Waals surface area contributed by atoms with Crippen LogP contribution in [0, 0.1) is 0 Å². The van der Waals surface area contributed by atoms with Gasteiger partial charge in [-0.05, 0) is 38.5 Å². The third-order valence-corrected chi connectivity index (χ3v) is 2.84. The Hall–Kier alpha value is -1.35. The number of benzene rings is 1. The molecule has 0 aliphatic carbocycles. The Morgan fingerprint density at radius 3 is 2.29 bits per heavy atom. The first kappa shape index (κ1) is 12.1. The molecule has 1 aromatic carbocycles. The number of rotatable bonds is 1. The highest BCUT2D eigenvalue weighted by molar-refractivity contribution is 6.30. The maximum atomic E-state index is 11.9. The molecular weight excluding hydrogens is 236 g/mol. The summed E-state index contributed by atoms with van der Waals surface area (Å²) < 4.78 is 0. The lowest BCUT2D eigenvalue weighted by Gasteiger charge is -2.27. The Balaban J connectivity index is 2.30. The van der Waals surface area contributed by atoms with Gasteiger partial charge in [-0.3, -0.25) is 4.79 Å². The molecule has 1 amide bonds. The van der Waals surface area contributed by atoms with Crippen molar-refractivity contribution in [3.63, 3.8) is 0 Å². The fraction of sp³-hybridized carbons (Fsp3) is 0.385. The number of amides is 1. The third-order valence-electron chi connectivity index (χ3n) is 2.59. The minimum absolute atomic E-state index is 0.0439. The van der Waals surface area contributed by atoms with E-state index in [-0.39, 0.29) is 11.4 Å². The zero-order valence-electron chi connectivity index (χ0n) is 10.2. The summed E-state index contributed by atoms with van der Waals surface area (Å²) in [7, 11) is 0. The number of nitrogens with zero attached hydrogens (tertiary/aromatic N) is 2. The smallest absolute Gasteiger partial charge is 0.249 e. The summed E-state index contributed by atoms with van der Waals surface area (Å²) in [4.78, 5) is 11.9. The van der Waals surface area contributed by atoms with Gasteiger partial charge in [-0.15, -0.1) is 0 Å². The first-order valence-corrected chi connectivity index (χ1v) is 5.92. The fourth-order valence-corrected chi connectivity index (χ4v) is 1.88. The molecule has 0 bridgehead atoms. The van der Waals surface area contributed by atoms with Crippen LogP contribution in [-0.2, 0) is 4.79 Å². The lowest BCUT2D eigenvalue weighted by atomic mass is 10.1. The van der Waals surface area contributed by atoms with E-state index in [1.165, 1.54) is 0 Å². The molecule has 90 valence electrons. The van der Waals surface area contributed by atoms with Crippen LogP contribution in [0.3, 0.4) is 0 Å². The molecule has 0 unspecified atom stereocenters. The van der Waals surface area contributed by atoms with Crippen molar-refractivity contribution in [3.8, 4) is 0 Å². The summed E-state index contributed by atoms with van der Waals surface area (Å²) in [5.74, 6) is 0.0439. The van der Waals surface area contributed by atoms with Gasteiger partial charge in [0.2, 0.25) is 5.91 Å². The molecule has 0 spiro atoms. The highest BCUT2D eigenvalue weighted by Crippen LogP contribution is 2.23. The molecule has 1 aliphatic heterocycles. The van der Waals surface area contributed by atoms with E-state index in [0.29, 0.717) is 11.4 Å². The van der Waals surface area contributed by atoms with Gasteiger partial charge >= 0.3 is 0 Å². The maximum absolute atomic E-state index is 11.9. The molecule has 17 heavy (non-hydrogen) atoms. The molecule has 1 aliphatic rings. The summed E-state index contributed by atoms with van der Waals surface area (Å²) in [5, 5.41) is 6.64. The van der Waals surface area contributed by atoms with Gasteiger partial charge in [0.15, 0.2) is 0 Å². The van der Waals surface area contributed by atoms with Crippen LogP contribution in [0.2, 0.25) is 5.02 Å². The molecule has 4 heteroatoms. The topological polar surface area (TPSA) is 32.7 Å². The van der Waals surface area contributed by atoms with Gasteiger partial charge in [0.25, 0.3) is 0 Å². The second-order valence-electron chi connectivity index (χ2n) is 5.11. The van der Waals surface area contributed by atoms with E-state index in [9.17, 15) is 4.79 Å². The number of halogens is 1. The highest BCUT2D eigenvalue weighted by atomic mass is 35.5. The van der Waals surface area contributed by atoms with Crippen LogP contribution in [0.5, 0.6) is 0 Å². The van der Waals surface area contributed by atoms with E-state index < -0.39 is 0 Å². The van der Waals surface area contributed by atoms with Crippen molar-refractivity contribution in [2.45, 2.75) is 32.7 Å². The average Bonchev–Trinajstić information content (AvgIpc) is 2.61. The largest absolute Gasteiger partial charge is 0.272 e. The Morgan fingerprint density at radius 2 is 1.82 bits per heavy atom. The first-order chi connectivity index (χ1) is 7.88.